The fourth-order valence-electron chi connectivity index (χ4n) is 4.24. The van der Waals surface area contributed by atoms with Crippen LogP contribution in [-0.2, 0) is 20.7 Å². The molecule has 0 saturated carbocycles. The molecular formula is C20H20O4. The molecule has 2 bridgehead atoms. The third kappa shape index (κ3) is 1.78. The van der Waals surface area contributed by atoms with Gasteiger partial charge >= 0.3 is 5.97 Å². The standard InChI is InChI=1S/C20H20O4/c1-2-11-24-18(21)17-12-19(22)13-7-3-5-9-15(13)20(17,23)16-10-6-4-8-14(16)19/h3-10,17,22-23H,2,11-12H2,1H3. The van der Waals surface area contributed by atoms with Gasteiger partial charge in [0.2, 0.25) is 0 Å². The van der Waals surface area contributed by atoms with Gasteiger partial charge in [-0.05, 0) is 28.7 Å². The van der Waals surface area contributed by atoms with Crippen LogP contribution in [0.25, 0.3) is 0 Å². The first kappa shape index (κ1) is 15.4. The summed E-state index contributed by atoms with van der Waals surface area (Å²) in [6, 6.07) is 14.5. The van der Waals surface area contributed by atoms with Crippen molar-refractivity contribution in [3.63, 3.8) is 0 Å². The van der Waals surface area contributed by atoms with Crippen LogP contribution >= 0.6 is 0 Å². The third-order valence-corrected chi connectivity index (χ3v) is 5.30. The molecule has 2 aromatic carbocycles. The zero-order valence-electron chi connectivity index (χ0n) is 13.5. The van der Waals surface area contributed by atoms with Gasteiger partial charge in [-0.1, -0.05) is 55.5 Å². The lowest BCUT2D eigenvalue weighted by Crippen LogP contribution is -2.57. The van der Waals surface area contributed by atoms with Crippen molar-refractivity contribution in [2.75, 3.05) is 6.61 Å². The number of esters is 1. The van der Waals surface area contributed by atoms with E-state index in [0.717, 1.165) is 0 Å². The number of rotatable bonds is 3. The fourth-order valence-corrected chi connectivity index (χ4v) is 4.24. The van der Waals surface area contributed by atoms with Gasteiger partial charge in [0.1, 0.15) is 11.2 Å². The summed E-state index contributed by atoms with van der Waals surface area (Å²) >= 11 is 0. The zero-order valence-corrected chi connectivity index (χ0v) is 13.5. The van der Waals surface area contributed by atoms with Crippen molar-refractivity contribution in [2.24, 2.45) is 5.92 Å². The van der Waals surface area contributed by atoms with Gasteiger partial charge in [0, 0.05) is 6.42 Å². The first-order valence-corrected chi connectivity index (χ1v) is 8.35. The van der Waals surface area contributed by atoms with Crippen LogP contribution in [-0.4, -0.2) is 22.8 Å². The lowest BCUT2D eigenvalue weighted by molar-refractivity contribution is -0.166. The maximum Gasteiger partial charge on any atom is 0.312 e. The minimum atomic E-state index is -1.47. The summed E-state index contributed by atoms with van der Waals surface area (Å²) in [4.78, 5) is 12.6. The summed E-state index contributed by atoms with van der Waals surface area (Å²) < 4.78 is 5.31. The molecule has 0 aromatic heterocycles. The number of benzene rings is 2. The minimum Gasteiger partial charge on any atom is -0.465 e. The van der Waals surface area contributed by atoms with Gasteiger partial charge in [0.15, 0.2) is 0 Å². The highest BCUT2D eigenvalue weighted by atomic mass is 16.5. The highest BCUT2D eigenvalue weighted by molar-refractivity contribution is 5.79. The second-order valence-corrected chi connectivity index (χ2v) is 6.64. The fraction of sp³-hybridized carbons (Fsp3) is 0.350. The lowest BCUT2D eigenvalue weighted by Gasteiger charge is -2.53. The molecule has 2 aromatic rings. The van der Waals surface area contributed by atoms with Gasteiger partial charge in [-0.3, -0.25) is 4.79 Å². The van der Waals surface area contributed by atoms with Crippen LogP contribution in [0.5, 0.6) is 0 Å². The molecule has 4 nitrogen and oxygen atoms in total. The quantitative estimate of drug-likeness (QED) is 0.851. The van der Waals surface area contributed by atoms with Crippen LogP contribution in [0.15, 0.2) is 48.5 Å². The number of aliphatic hydroxyl groups is 2. The predicted molar refractivity (Wildman–Crippen MR) is 88.2 cm³/mol. The molecule has 24 heavy (non-hydrogen) atoms. The van der Waals surface area contributed by atoms with Crippen molar-refractivity contribution in [1.82, 2.24) is 0 Å². The Morgan fingerprint density at radius 1 is 1.04 bits per heavy atom. The summed E-state index contributed by atoms with van der Waals surface area (Å²) in [6.45, 7) is 2.24. The Labute approximate surface area is 140 Å². The zero-order chi connectivity index (χ0) is 16.9. The molecule has 124 valence electrons. The van der Waals surface area contributed by atoms with E-state index < -0.39 is 23.1 Å². The first-order valence-electron chi connectivity index (χ1n) is 8.35. The van der Waals surface area contributed by atoms with E-state index in [9.17, 15) is 15.0 Å². The van der Waals surface area contributed by atoms with E-state index in [0.29, 0.717) is 35.3 Å². The molecule has 0 saturated heterocycles. The van der Waals surface area contributed by atoms with Crippen LogP contribution < -0.4 is 0 Å². The Bertz CT molecular complexity index is 763. The molecule has 0 spiro atoms. The average molecular weight is 324 g/mol. The van der Waals surface area contributed by atoms with E-state index in [-0.39, 0.29) is 6.42 Å². The van der Waals surface area contributed by atoms with Gasteiger partial charge in [0.25, 0.3) is 0 Å². The molecule has 0 fully saturated rings. The van der Waals surface area contributed by atoms with E-state index in [1.807, 2.05) is 43.3 Å². The van der Waals surface area contributed by atoms with Crippen molar-refractivity contribution < 1.29 is 19.7 Å². The van der Waals surface area contributed by atoms with Crippen LogP contribution in [0.3, 0.4) is 0 Å². The summed E-state index contributed by atoms with van der Waals surface area (Å²) in [5, 5.41) is 23.1. The van der Waals surface area contributed by atoms with Crippen molar-refractivity contribution in [3.8, 4) is 0 Å². The van der Waals surface area contributed by atoms with Crippen LogP contribution in [0, 0.1) is 5.92 Å². The summed E-state index contributed by atoms with van der Waals surface area (Å²) in [7, 11) is 0. The molecule has 3 aliphatic carbocycles. The van der Waals surface area contributed by atoms with Crippen LogP contribution in [0.1, 0.15) is 42.0 Å². The van der Waals surface area contributed by atoms with E-state index in [1.165, 1.54) is 0 Å². The Morgan fingerprint density at radius 2 is 1.54 bits per heavy atom. The summed E-state index contributed by atoms with van der Waals surface area (Å²) in [6.07, 6.45) is 0.842. The summed E-state index contributed by atoms with van der Waals surface area (Å²) in [5.41, 5.74) is -0.223. The SMILES string of the molecule is CCCOC(=O)C1CC2(O)c3ccccc3C1(O)c1ccccc12. The second kappa shape index (κ2) is 5.16. The molecular weight excluding hydrogens is 304 g/mol. The van der Waals surface area contributed by atoms with E-state index in [1.54, 1.807) is 12.1 Å². The van der Waals surface area contributed by atoms with Crippen LogP contribution in [0.2, 0.25) is 0 Å². The van der Waals surface area contributed by atoms with Crippen molar-refractivity contribution in [1.29, 1.82) is 0 Å². The highest BCUT2D eigenvalue weighted by Gasteiger charge is 2.62. The average Bonchev–Trinajstić information content (AvgIpc) is 2.62. The van der Waals surface area contributed by atoms with Crippen LogP contribution in [0.4, 0.5) is 0 Å². The normalized spacial score (nSPS) is 29.7. The number of hydrogen-bond donors (Lipinski definition) is 2. The smallest absolute Gasteiger partial charge is 0.312 e. The number of ether oxygens (including phenoxy) is 1. The maximum absolute atomic E-state index is 12.6. The Morgan fingerprint density at radius 3 is 2.04 bits per heavy atom. The second-order valence-electron chi connectivity index (χ2n) is 6.64. The minimum absolute atomic E-state index is 0.125. The summed E-state index contributed by atoms with van der Waals surface area (Å²) in [5.74, 6) is -1.28. The number of hydrogen-bond acceptors (Lipinski definition) is 4. The molecule has 4 heteroatoms. The van der Waals surface area contributed by atoms with E-state index in [4.69, 9.17) is 4.74 Å². The van der Waals surface area contributed by atoms with E-state index in [2.05, 4.69) is 0 Å². The van der Waals surface area contributed by atoms with Gasteiger partial charge in [0.05, 0.1) is 12.5 Å². The number of carbonyl (C=O) groups excluding carboxylic acids is 1. The Kier molecular flexibility index (Phi) is 3.31. The largest absolute Gasteiger partial charge is 0.465 e. The van der Waals surface area contributed by atoms with Crippen molar-refractivity contribution in [2.45, 2.75) is 31.0 Å². The molecule has 2 N–H and O–H groups in total. The predicted octanol–water partition coefficient (Wildman–Crippen LogP) is 2.44. The molecule has 1 unspecified atom stereocenters. The molecule has 3 aliphatic rings. The molecule has 0 aliphatic heterocycles. The molecule has 0 radical (unpaired) electrons. The molecule has 0 heterocycles. The van der Waals surface area contributed by atoms with Gasteiger partial charge in [-0.25, -0.2) is 0 Å². The first-order chi connectivity index (χ1) is 11.5. The lowest BCUT2D eigenvalue weighted by atomic mass is 9.54. The number of carbonyl (C=O) groups is 1. The topological polar surface area (TPSA) is 66.8 Å². The Balaban J connectivity index is 1.95. The highest BCUT2D eigenvalue weighted by Crippen LogP contribution is 2.59. The molecule has 1 atom stereocenters. The monoisotopic (exact) mass is 324 g/mol. The maximum atomic E-state index is 12.6. The van der Waals surface area contributed by atoms with Crippen molar-refractivity contribution in [3.05, 3.63) is 70.8 Å². The van der Waals surface area contributed by atoms with E-state index >= 15 is 0 Å². The van der Waals surface area contributed by atoms with Gasteiger partial charge < -0.3 is 14.9 Å². The molecule has 0 amide bonds. The number of fused-ring (bicyclic) bond motifs is 1. The Hall–Kier alpha value is -2.17. The van der Waals surface area contributed by atoms with Gasteiger partial charge in [-0.15, -0.1) is 0 Å². The third-order valence-electron chi connectivity index (χ3n) is 5.30. The van der Waals surface area contributed by atoms with Crippen molar-refractivity contribution >= 4 is 5.97 Å². The van der Waals surface area contributed by atoms with Gasteiger partial charge in [-0.2, -0.15) is 0 Å². The molecule has 5 rings (SSSR count).